The lowest BCUT2D eigenvalue weighted by atomic mass is 9.82. The van der Waals surface area contributed by atoms with Gasteiger partial charge in [-0.2, -0.15) is 11.8 Å². The summed E-state index contributed by atoms with van der Waals surface area (Å²) in [5.74, 6) is 0.678. The molecule has 11 nitrogen and oxygen atoms in total. The first kappa shape index (κ1) is 36.3. The molecule has 3 aromatic carbocycles. The van der Waals surface area contributed by atoms with Crippen molar-refractivity contribution >= 4 is 35.2 Å². The summed E-state index contributed by atoms with van der Waals surface area (Å²) in [6.45, 7) is 5.95. The van der Waals surface area contributed by atoms with Gasteiger partial charge < -0.3 is 24.6 Å². The molecule has 1 amide bonds. The average molecular weight is 678 g/mol. The fourth-order valence-corrected chi connectivity index (χ4v) is 5.86. The van der Waals surface area contributed by atoms with Crippen LogP contribution in [-0.4, -0.2) is 59.5 Å². The molecule has 0 aromatic heterocycles. The van der Waals surface area contributed by atoms with Crippen molar-refractivity contribution < 1.29 is 33.3 Å². The summed E-state index contributed by atoms with van der Waals surface area (Å²) in [6.07, 6.45) is -0.757. The summed E-state index contributed by atoms with van der Waals surface area (Å²) in [4.78, 5) is 35.2. The molecule has 0 unspecified atom stereocenters. The van der Waals surface area contributed by atoms with Gasteiger partial charge in [-0.05, 0) is 74.7 Å². The molecular weight excluding hydrogens is 637 g/mol. The first-order valence-electron chi connectivity index (χ1n) is 15.6. The number of amides is 1. The lowest BCUT2D eigenvalue weighted by molar-refractivity contribution is -0.155. The largest absolute Gasteiger partial charge is 0.494 e. The van der Waals surface area contributed by atoms with Crippen molar-refractivity contribution in [2.75, 3.05) is 25.5 Å². The van der Waals surface area contributed by atoms with Crippen molar-refractivity contribution in [1.29, 1.82) is 0 Å². The standard InChI is InChI=1S/C35H40FN5O6S/c1-34(2,3)47-30(43)17-18-35(33(44)38-19-22-48-23-24-9-13-26(36)14-10-24)31(28-7-4-5-8-29(28)40-41-37)46-32(39-35)25-11-15-27(16-12-25)45-21-6-20-42/h4-5,7-16,31,42H,6,17-23H2,1-3H3,(H,38,44)/t31-,35-/m1/s1. The van der Waals surface area contributed by atoms with Crippen molar-refractivity contribution in [2.45, 2.75) is 63.0 Å². The van der Waals surface area contributed by atoms with Crippen LogP contribution in [0.15, 0.2) is 82.9 Å². The molecule has 3 aromatic rings. The second kappa shape index (κ2) is 17.0. The molecule has 48 heavy (non-hydrogen) atoms. The van der Waals surface area contributed by atoms with E-state index in [9.17, 15) is 19.5 Å². The molecule has 2 N–H and O–H groups in total. The number of aliphatic hydroxyl groups is 1. The first-order valence-corrected chi connectivity index (χ1v) is 16.8. The second-order valence-corrected chi connectivity index (χ2v) is 13.2. The molecule has 0 aliphatic carbocycles. The SMILES string of the molecule is CC(C)(C)OC(=O)CC[C@@]1(C(=O)NCCSCc2ccc(F)cc2)N=C(c2ccc(OCCCO)cc2)O[C@@H]1c1ccccc1N=[N+]=[N-]. The molecular formula is C35H40FN5O6S. The third-order valence-corrected chi connectivity index (χ3v) is 8.28. The van der Waals surface area contributed by atoms with Crippen LogP contribution in [0.25, 0.3) is 10.4 Å². The number of esters is 1. The van der Waals surface area contributed by atoms with Gasteiger partial charge in [0.15, 0.2) is 11.6 Å². The summed E-state index contributed by atoms with van der Waals surface area (Å²) in [7, 11) is 0. The smallest absolute Gasteiger partial charge is 0.306 e. The highest BCUT2D eigenvalue weighted by Gasteiger charge is 2.53. The predicted octanol–water partition coefficient (Wildman–Crippen LogP) is 6.96. The molecule has 0 spiro atoms. The average Bonchev–Trinajstić information content (AvgIpc) is 3.45. The third-order valence-electron chi connectivity index (χ3n) is 7.25. The fraction of sp³-hybridized carbons (Fsp3) is 0.400. The summed E-state index contributed by atoms with van der Waals surface area (Å²) in [5.41, 5.74) is 9.16. The number of rotatable bonds is 16. The molecule has 0 radical (unpaired) electrons. The Labute approximate surface area is 283 Å². The second-order valence-electron chi connectivity index (χ2n) is 12.1. The molecule has 0 fully saturated rings. The Kier molecular flexibility index (Phi) is 12.8. The summed E-state index contributed by atoms with van der Waals surface area (Å²) < 4.78 is 31.0. The Morgan fingerprint density at radius 2 is 1.85 bits per heavy atom. The van der Waals surface area contributed by atoms with Gasteiger partial charge in [0.1, 0.15) is 17.2 Å². The maximum absolute atomic E-state index is 14.3. The monoisotopic (exact) mass is 677 g/mol. The zero-order chi connectivity index (χ0) is 34.6. The molecule has 1 aliphatic heterocycles. The van der Waals surface area contributed by atoms with Crippen molar-refractivity contribution in [3.8, 4) is 5.75 Å². The molecule has 4 rings (SSSR count). The number of carbonyl (C=O) groups excluding carboxylic acids is 2. The van der Waals surface area contributed by atoms with E-state index in [2.05, 4.69) is 15.3 Å². The molecule has 0 bridgehead atoms. The van der Waals surface area contributed by atoms with E-state index in [0.29, 0.717) is 41.4 Å². The highest BCUT2D eigenvalue weighted by molar-refractivity contribution is 7.98. The van der Waals surface area contributed by atoms with E-state index < -0.39 is 29.1 Å². The molecule has 0 saturated heterocycles. The summed E-state index contributed by atoms with van der Waals surface area (Å²) in [5, 5.41) is 15.9. The van der Waals surface area contributed by atoms with Crippen LogP contribution in [0.5, 0.6) is 5.75 Å². The molecule has 0 saturated carbocycles. The maximum atomic E-state index is 14.3. The number of nitrogens with one attached hydrogen (secondary N) is 1. The molecule has 254 valence electrons. The normalized spacial score (nSPS) is 17.1. The van der Waals surface area contributed by atoms with Crippen molar-refractivity contribution in [3.05, 3.63) is 106 Å². The van der Waals surface area contributed by atoms with Gasteiger partial charge in [-0.15, -0.1) is 0 Å². The zero-order valence-electron chi connectivity index (χ0n) is 27.2. The Morgan fingerprint density at radius 3 is 2.54 bits per heavy atom. The van der Waals surface area contributed by atoms with Crippen LogP contribution < -0.4 is 10.1 Å². The number of aliphatic hydroxyl groups excluding tert-OH is 1. The van der Waals surface area contributed by atoms with E-state index in [-0.39, 0.29) is 43.4 Å². The number of carbonyl (C=O) groups is 2. The van der Waals surface area contributed by atoms with E-state index in [4.69, 9.17) is 24.3 Å². The van der Waals surface area contributed by atoms with E-state index in [1.54, 1.807) is 93.2 Å². The van der Waals surface area contributed by atoms with E-state index in [1.807, 2.05) is 0 Å². The first-order chi connectivity index (χ1) is 23.0. The predicted molar refractivity (Wildman–Crippen MR) is 183 cm³/mol. The Morgan fingerprint density at radius 1 is 1.12 bits per heavy atom. The third kappa shape index (κ3) is 9.96. The summed E-state index contributed by atoms with van der Waals surface area (Å²) >= 11 is 1.57. The Hall–Kier alpha value is -4.58. The van der Waals surface area contributed by atoms with Gasteiger partial charge in [0.25, 0.3) is 5.91 Å². The van der Waals surface area contributed by atoms with E-state index >= 15 is 0 Å². The minimum absolute atomic E-state index is 0.0157. The lowest BCUT2D eigenvalue weighted by Gasteiger charge is -2.31. The number of benzene rings is 3. The number of halogens is 1. The van der Waals surface area contributed by atoms with Crippen LogP contribution in [0.3, 0.4) is 0 Å². The topological polar surface area (TPSA) is 155 Å². The Balaban J connectivity index is 1.66. The van der Waals surface area contributed by atoms with Crippen molar-refractivity contribution in [3.63, 3.8) is 0 Å². The summed E-state index contributed by atoms with van der Waals surface area (Å²) in [6, 6.07) is 20.0. The maximum Gasteiger partial charge on any atom is 0.306 e. The van der Waals surface area contributed by atoms with Gasteiger partial charge in [-0.25, -0.2) is 9.38 Å². The molecule has 1 aliphatic rings. The van der Waals surface area contributed by atoms with Crippen molar-refractivity contribution in [2.24, 2.45) is 10.1 Å². The van der Waals surface area contributed by atoms with E-state index in [0.717, 1.165) is 5.56 Å². The number of nitrogens with zero attached hydrogens (tertiary/aromatic N) is 4. The van der Waals surface area contributed by atoms with Crippen LogP contribution in [0.2, 0.25) is 0 Å². The van der Waals surface area contributed by atoms with Gasteiger partial charge >= 0.3 is 5.97 Å². The number of thioether (sulfide) groups is 1. The van der Waals surface area contributed by atoms with Crippen LogP contribution in [0, 0.1) is 5.82 Å². The molecule has 13 heteroatoms. The minimum Gasteiger partial charge on any atom is -0.494 e. The molecule has 2 atom stereocenters. The van der Waals surface area contributed by atoms with Gasteiger partial charge in [-0.3, -0.25) is 9.59 Å². The van der Waals surface area contributed by atoms with Crippen molar-refractivity contribution in [1.82, 2.24) is 5.32 Å². The van der Waals surface area contributed by atoms with Gasteiger partial charge in [0.05, 0.1) is 6.61 Å². The quantitative estimate of drug-likeness (QED) is 0.0546. The Bertz CT molecular complexity index is 1620. The number of ether oxygens (including phenoxy) is 3. The number of hydrogen-bond donors (Lipinski definition) is 2. The van der Waals surface area contributed by atoms with Gasteiger partial charge in [-0.1, -0.05) is 41.5 Å². The zero-order valence-corrected chi connectivity index (χ0v) is 28.0. The number of aliphatic imine (C=N–C) groups is 1. The van der Waals surface area contributed by atoms with E-state index in [1.165, 1.54) is 12.1 Å². The minimum atomic E-state index is -1.63. The van der Waals surface area contributed by atoms with Gasteiger partial charge in [0, 0.05) is 59.2 Å². The van der Waals surface area contributed by atoms with Crippen LogP contribution in [0.4, 0.5) is 10.1 Å². The van der Waals surface area contributed by atoms with Gasteiger partial charge in [0.2, 0.25) is 5.90 Å². The fourth-order valence-electron chi connectivity index (χ4n) is 5.04. The number of hydrogen-bond acceptors (Lipinski definition) is 9. The molecule has 1 heterocycles. The highest BCUT2D eigenvalue weighted by atomic mass is 32.2. The lowest BCUT2D eigenvalue weighted by Crippen LogP contribution is -2.49. The van der Waals surface area contributed by atoms with Crippen LogP contribution in [-0.2, 0) is 24.8 Å². The van der Waals surface area contributed by atoms with Crippen LogP contribution >= 0.6 is 11.8 Å². The van der Waals surface area contributed by atoms with Crippen LogP contribution in [0.1, 0.15) is 62.8 Å². The highest BCUT2D eigenvalue weighted by Crippen LogP contribution is 2.46. The number of azide groups is 1.